The van der Waals surface area contributed by atoms with Crippen molar-refractivity contribution in [2.45, 2.75) is 25.6 Å². The van der Waals surface area contributed by atoms with Gasteiger partial charge in [0.1, 0.15) is 0 Å². The number of carbonyl (C=O) groups excluding carboxylic acids is 1. The first kappa shape index (κ1) is 19.1. The molecule has 1 aromatic heterocycles. The number of ether oxygens (including phenoxy) is 1. The van der Waals surface area contributed by atoms with Gasteiger partial charge in [0.15, 0.2) is 0 Å². The standard InChI is InChI=1S/C23H24N4O2/c24-23-25-14-20(21(26-23)18-10-5-2-6-11-18)22(28)27-13-7-12-19(15-27)29-16-17-8-3-1-4-9-17/h1-6,8-11,14,19H,7,12-13,15-16H2,(H2,24,25,26)/t19-/m1/s1. The molecule has 29 heavy (non-hydrogen) atoms. The zero-order valence-corrected chi connectivity index (χ0v) is 16.2. The molecule has 3 aromatic rings. The normalized spacial score (nSPS) is 16.6. The molecular weight excluding hydrogens is 364 g/mol. The molecule has 1 amide bonds. The van der Waals surface area contributed by atoms with E-state index < -0.39 is 0 Å². The number of hydrogen-bond donors (Lipinski definition) is 1. The van der Waals surface area contributed by atoms with E-state index >= 15 is 0 Å². The Morgan fingerprint density at radius 1 is 1.10 bits per heavy atom. The molecule has 1 aliphatic rings. The molecule has 0 saturated carbocycles. The van der Waals surface area contributed by atoms with E-state index in [1.54, 1.807) is 0 Å². The van der Waals surface area contributed by atoms with Gasteiger partial charge in [-0.05, 0) is 18.4 Å². The summed E-state index contributed by atoms with van der Waals surface area (Å²) < 4.78 is 6.07. The van der Waals surface area contributed by atoms with Gasteiger partial charge in [0, 0.05) is 24.8 Å². The van der Waals surface area contributed by atoms with E-state index in [9.17, 15) is 4.79 Å². The van der Waals surface area contributed by atoms with E-state index in [0.717, 1.165) is 24.0 Å². The fraction of sp³-hybridized carbons (Fsp3) is 0.261. The number of anilines is 1. The van der Waals surface area contributed by atoms with E-state index in [4.69, 9.17) is 10.5 Å². The lowest BCUT2D eigenvalue weighted by molar-refractivity contribution is -0.00672. The smallest absolute Gasteiger partial charge is 0.257 e. The molecular formula is C23H24N4O2. The molecule has 2 heterocycles. The number of rotatable bonds is 5. The largest absolute Gasteiger partial charge is 0.372 e. The highest BCUT2D eigenvalue weighted by atomic mass is 16.5. The maximum Gasteiger partial charge on any atom is 0.257 e. The van der Waals surface area contributed by atoms with Crippen LogP contribution in [0.5, 0.6) is 0 Å². The molecule has 1 aliphatic heterocycles. The summed E-state index contributed by atoms with van der Waals surface area (Å²) in [5, 5.41) is 0. The van der Waals surface area contributed by atoms with Crippen LogP contribution in [0.3, 0.4) is 0 Å². The van der Waals surface area contributed by atoms with Crippen LogP contribution in [-0.4, -0.2) is 40.0 Å². The number of carbonyl (C=O) groups is 1. The first-order chi connectivity index (χ1) is 14.2. The maximum absolute atomic E-state index is 13.3. The van der Waals surface area contributed by atoms with Gasteiger partial charge in [-0.1, -0.05) is 60.7 Å². The zero-order chi connectivity index (χ0) is 20.1. The summed E-state index contributed by atoms with van der Waals surface area (Å²) in [5.74, 6) is 0.0694. The van der Waals surface area contributed by atoms with E-state index in [1.165, 1.54) is 6.20 Å². The molecule has 0 radical (unpaired) electrons. The van der Waals surface area contributed by atoms with Crippen molar-refractivity contribution in [1.29, 1.82) is 0 Å². The second-order valence-electron chi connectivity index (χ2n) is 7.17. The monoisotopic (exact) mass is 388 g/mol. The molecule has 0 aliphatic carbocycles. The third kappa shape index (κ3) is 4.60. The molecule has 0 spiro atoms. The van der Waals surface area contributed by atoms with Crippen LogP contribution >= 0.6 is 0 Å². The number of hydrogen-bond acceptors (Lipinski definition) is 5. The van der Waals surface area contributed by atoms with Crippen molar-refractivity contribution in [2.75, 3.05) is 18.8 Å². The van der Waals surface area contributed by atoms with E-state index in [2.05, 4.69) is 9.97 Å². The second-order valence-corrected chi connectivity index (χ2v) is 7.17. The molecule has 4 rings (SSSR count). The van der Waals surface area contributed by atoms with Crippen LogP contribution in [0.25, 0.3) is 11.3 Å². The van der Waals surface area contributed by atoms with Crippen molar-refractivity contribution in [3.63, 3.8) is 0 Å². The summed E-state index contributed by atoms with van der Waals surface area (Å²) in [6.45, 7) is 1.81. The van der Waals surface area contributed by atoms with E-state index in [0.29, 0.717) is 31.0 Å². The molecule has 6 nitrogen and oxygen atoms in total. The molecule has 2 aromatic carbocycles. The van der Waals surface area contributed by atoms with Crippen LogP contribution in [0.4, 0.5) is 5.95 Å². The molecule has 2 N–H and O–H groups in total. The minimum absolute atomic E-state index is 0.0165. The summed E-state index contributed by atoms with van der Waals surface area (Å²) in [4.78, 5) is 23.5. The molecule has 0 bridgehead atoms. The Balaban J connectivity index is 1.49. The highest BCUT2D eigenvalue weighted by Crippen LogP contribution is 2.25. The van der Waals surface area contributed by atoms with E-state index in [1.807, 2.05) is 65.6 Å². The molecule has 1 saturated heterocycles. The van der Waals surface area contributed by atoms with Crippen molar-refractivity contribution >= 4 is 11.9 Å². The Morgan fingerprint density at radius 2 is 1.83 bits per heavy atom. The van der Waals surface area contributed by atoms with Gasteiger partial charge < -0.3 is 15.4 Å². The van der Waals surface area contributed by atoms with Crippen molar-refractivity contribution in [2.24, 2.45) is 0 Å². The average Bonchev–Trinajstić information content (AvgIpc) is 2.79. The predicted molar refractivity (Wildman–Crippen MR) is 112 cm³/mol. The Kier molecular flexibility index (Phi) is 5.81. The second kappa shape index (κ2) is 8.84. The number of nitrogens with zero attached hydrogens (tertiary/aromatic N) is 3. The van der Waals surface area contributed by atoms with Gasteiger partial charge in [-0.2, -0.15) is 0 Å². The van der Waals surface area contributed by atoms with Crippen LogP contribution < -0.4 is 5.73 Å². The lowest BCUT2D eigenvalue weighted by Crippen LogP contribution is -2.43. The van der Waals surface area contributed by atoms with Gasteiger partial charge in [-0.15, -0.1) is 0 Å². The number of amides is 1. The van der Waals surface area contributed by atoms with E-state index in [-0.39, 0.29) is 18.0 Å². The summed E-state index contributed by atoms with van der Waals surface area (Å²) in [7, 11) is 0. The number of nitrogens with two attached hydrogens (primary N) is 1. The first-order valence-corrected chi connectivity index (χ1v) is 9.83. The number of benzene rings is 2. The third-order valence-corrected chi connectivity index (χ3v) is 5.08. The Bertz CT molecular complexity index is 963. The minimum Gasteiger partial charge on any atom is -0.372 e. The van der Waals surface area contributed by atoms with Gasteiger partial charge >= 0.3 is 0 Å². The topological polar surface area (TPSA) is 81.3 Å². The predicted octanol–water partition coefficient (Wildman–Crippen LogP) is 3.55. The lowest BCUT2D eigenvalue weighted by Gasteiger charge is -2.33. The summed E-state index contributed by atoms with van der Waals surface area (Å²) in [5.41, 5.74) is 8.80. The number of piperidine rings is 1. The lowest BCUT2D eigenvalue weighted by atomic mass is 10.0. The Morgan fingerprint density at radius 3 is 2.59 bits per heavy atom. The highest BCUT2D eigenvalue weighted by Gasteiger charge is 2.27. The fourth-order valence-electron chi connectivity index (χ4n) is 3.59. The zero-order valence-electron chi connectivity index (χ0n) is 16.2. The average molecular weight is 388 g/mol. The van der Waals surface area contributed by atoms with Gasteiger partial charge in [0.25, 0.3) is 5.91 Å². The molecule has 1 fully saturated rings. The SMILES string of the molecule is Nc1ncc(C(=O)N2CCC[C@@H](OCc3ccccc3)C2)c(-c2ccccc2)n1. The van der Waals surface area contributed by atoms with Crippen molar-refractivity contribution < 1.29 is 9.53 Å². The molecule has 0 unspecified atom stereocenters. The van der Waals surface area contributed by atoms with Gasteiger partial charge in [0.05, 0.1) is 24.0 Å². The van der Waals surface area contributed by atoms with Gasteiger partial charge in [0.2, 0.25) is 5.95 Å². The molecule has 1 atom stereocenters. The highest BCUT2D eigenvalue weighted by molar-refractivity contribution is 5.99. The van der Waals surface area contributed by atoms with Gasteiger partial charge in [-0.3, -0.25) is 4.79 Å². The number of nitrogen functional groups attached to an aromatic ring is 1. The Labute approximate surface area is 170 Å². The van der Waals surface area contributed by atoms with Crippen LogP contribution in [0.15, 0.2) is 66.9 Å². The fourth-order valence-corrected chi connectivity index (χ4v) is 3.59. The Hall–Kier alpha value is -3.25. The minimum atomic E-state index is -0.0862. The molecule has 148 valence electrons. The summed E-state index contributed by atoms with van der Waals surface area (Å²) >= 11 is 0. The van der Waals surface area contributed by atoms with Crippen LogP contribution in [0, 0.1) is 0 Å². The molecule has 6 heteroatoms. The third-order valence-electron chi connectivity index (χ3n) is 5.08. The van der Waals surface area contributed by atoms with Gasteiger partial charge in [-0.25, -0.2) is 9.97 Å². The quantitative estimate of drug-likeness (QED) is 0.723. The van der Waals surface area contributed by atoms with Crippen molar-refractivity contribution in [3.8, 4) is 11.3 Å². The van der Waals surface area contributed by atoms with Crippen LogP contribution in [0.2, 0.25) is 0 Å². The summed E-state index contributed by atoms with van der Waals surface area (Å²) in [6, 6.07) is 19.7. The number of likely N-dealkylation sites (tertiary alicyclic amines) is 1. The summed E-state index contributed by atoms with van der Waals surface area (Å²) in [6.07, 6.45) is 3.39. The first-order valence-electron chi connectivity index (χ1n) is 9.83. The maximum atomic E-state index is 13.3. The van der Waals surface area contributed by atoms with Crippen molar-refractivity contribution in [3.05, 3.63) is 78.0 Å². The number of aromatic nitrogens is 2. The van der Waals surface area contributed by atoms with Crippen LogP contribution in [0.1, 0.15) is 28.8 Å². The van der Waals surface area contributed by atoms with Crippen molar-refractivity contribution in [1.82, 2.24) is 14.9 Å². The van der Waals surface area contributed by atoms with Crippen LogP contribution in [-0.2, 0) is 11.3 Å².